The average molecular weight is 555 g/mol. The van der Waals surface area contributed by atoms with Gasteiger partial charge in [-0.1, -0.05) is 12.1 Å². The number of guanidine groups is 1. The van der Waals surface area contributed by atoms with Crippen LogP contribution in [0.4, 0.5) is 0 Å². The highest BCUT2D eigenvalue weighted by molar-refractivity contribution is 14.0. The first-order valence-corrected chi connectivity index (χ1v) is 11.3. The molecule has 8 heteroatoms. The number of methoxy groups -OCH3 is 1. The van der Waals surface area contributed by atoms with E-state index in [9.17, 15) is 0 Å². The van der Waals surface area contributed by atoms with E-state index in [1.165, 1.54) is 29.7 Å². The SMILES string of the molecule is CN=C(NCC(c1cccc(OC)c1)N1CCCC1)NC(C)Cc1c(C)nn(C)c1C.I. The molecule has 0 amide bonds. The standard InChI is InChI=1S/C24H38N6O.HI/c1-17(14-22-18(2)28-29(5)19(22)3)27-24(25-4)26-16-23(30-12-7-8-13-30)20-10-9-11-21(15-20)31-6;/h9-11,15,17,23H,7-8,12-14,16H2,1-6H3,(H2,25,26,27);1H. The molecule has 0 spiro atoms. The van der Waals surface area contributed by atoms with Crippen molar-refractivity contribution in [2.45, 2.75) is 52.1 Å². The molecular weight excluding hydrogens is 515 g/mol. The van der Waals surface area contributed by atoms with Gasteiger partial charge in [-0.2, -0.15) is 5.10 Å². The van der Waals surface area contributed by atoms with Crippen molar-refractivity contribution >= 4 is 29.9 Å². The Morgan fingerprint density at radius 1 is 1.25 bits per heavy atom. The second kappa shape index (κ2) is 12.4. The minimum Gasteiger partial charge on any atom is -0.497 e. The van der Waals surface area contributed by atoms with Crippen molar-refractivity contribution < 1.29 is 4.74 Å². The number of likely N-dealkylation sites (tertiary alicyclic amines) is 1. The van der Waals surface area contributed by atoms with Crippen molar-refractivity contribution in [2.75, 3.05) is 33.8 Å². The number of hydrogen-bond donors (Lipinski definition) is 2. The Kier molecular flexibility index (Phi) is 10.3. The highest BCUT2D eigenvalue weighted by Crippen LogP contribution is 2.27. The van der Waals surface area contributed by atoms with Gasteiger partial charge in [0.25, 0.3) is 0 Å². The van der Waals surface area contributed by atoms with E-state index in [0.717, 1.165) is 43.5 Å². The second-order valence-corrected chi connectivity index (χ2v) is 8.51. The third-order valence-corrected chi connectivity index (χ3v) is 6.30. The second-order valence-electron chi connectivity index (χ2n) is 8.51. The molecule has 0 aliphatic carbocycles. The van der Waals surface area contributed by atoms with Crippen LogP contribution in [0, 0.1) is 13.8 Å². The first kappa shape index (κ1) is 26.4. The molecule has 0 bridgehead atoms. The summed E-state index contributed by atoms with van der Waals surface area (Å²) in [5.41, 5.74) is 4.91. The summed E-state index contributed by atoms with van der Waals surface area (Å²) in [5.74, 6) is 1.74. The van der Waals surface area contributed by atoms with E-state index >= 15 is 0 Å². The van der Waals surface area contributed by atoms with Gasteiger partial charge in [-0.25, -0.2) is 0 Å². The van der Waals surface area contributed by atoms with Crippen molar-refractivity contribution in [3.05, 3.63) is 46.8 Å². The normalized spacial score (nSPS) is 16.4. The summed E-state index contributed by atoms with van der Waals surface area (Å²) < 4.78 is 7.42. The van der Waals surface area contributed by atoms with Crippen LogP contribution in [0.25, 0.3) is 0 Å². The number of nitrogens with one attached hydrogen (secondary N) is 2. The number of benzene rings is 1. The van der Waals surface area contributed by atoms with Crippen LogP contribution in [0.3, 0.4) is 0 Å². The lowest BCUT2D eigenvalue weighted by Crippen LogP contribution is -2.46. The largest absolute Gasteiger partial charge is 0.497 e. The third kappa shape index (κ3) is 6.60. The molecule has 1 aliphatic rings. The highest BCUT2D eigenvalue weighted by atomic mass is 127. The Morgan fingerprint density at radius 2 is 1.97 bits per heavy atom. The summed E-state index contributed by atoms with van der Waals surface area (Å²) >= 11 is 0. The monoisotopic (exact) mass is 554 g/mol. The number of ether oxygens (including phenoxy) is 1. The van der Waals surface area contributed by atoms with E-state index in [1.807, 2.05) is 24.8 Å². The van der Waals surface area contributed by atoms with Gasteiger partial charge < -0.3 is 15.4 Å². The molecule has 1 aromatic carbocycles. The summed E-state index contributed by atoms with van der Waals surface area (Å²) in [6.45, 7) is 9.46. The number of aryl methyl sites for hydroxylation is 2. The summed E-state index contributed by atoms with van der Waals surface area (Å²) in [7, 11) is 5.56. The molecule has 1 saturated heterocycles. The average Bonchev–Trinajstić information content (AvgIpc) is 3.38. The molecular formula is C24H39IN6O. The molecule has 1 fully saturated rings. The Balaban J connectivity index is 0.00000363. The number of aromatic nitrogens is 2. The number of aliphatic imine (C=N–C) groups is 1. The van der Waals surface area contributed by atoms with Crippen molar-refractivity contribution in [3.63, 3.8) is 0 Å². The lowest BCUT2D eigenvalue weighted by Gasteiger charge is -2.29. The molecule has 32 heavy (non-hydrogen) atoms. The lowest BCUT2D eigenvalue weighted by molar-refractivity contribution is 0.244. The molecule has 178 valence electrons. The van der Waals surface area contributed by atoms with Gasteiger partial charge in [0.2, 0.25) is 0 Å². The van der Waals surface area contributed by atoms with Crippen LogP contribution >= 0.6 is 24.0 Å². The fourth-order valence-corrected chi connectivity index (χ4v) is 4.45. The van der Waals surface area contributed by atoms with Gasteiger partial charge in [0.15, 0.2) is 5.96 Å². The fourth-order valence-electron chi connectivity index (χ4n) is 4.45. The summed E-state index contributed by atoms with van der Waals surface area (Å²) in [6, 6.07) is 8.95. The first-order valence-electron chi connectivity index (χ1n) is 11.3. The van der Waals surface area contributed by atoms with Gasteiger partial charge in [-0.3, -0.25) is 14.6 Å². The third-order valence-electron chi connectivity index (χ3n) is 6.30. The zero-order valence-corrected chi connectivity index (χ0v) is 22.6. The number of halogens is 1. The first-order chi connectivity index (χ1) is 14.9. The molecule has 1 aromatic heterocycles. The molecule has 0 radical (unpaired) electrons. The molecule has 7 nitrogen and oxygen atoms in total. The van der Waals surface area contributed by atoms with E-state index < -0.39 is 0 Å². The van der Waals surface area contributed by atoms with Crippen LogP contribution < -0.4 is 15.4 Å². The van der Waals surface area contributed by atoms with Crippen molar-refractivity contribution in [2.24, 2.45) is 12.0 Å². The van der Waals surface area contributed by atoms with Crippen LogP contribution in [-0.4, -0.2) is 60.5 Å². The maximum Gasteiger partial charge on any atom is 0.191 e. The van der Waals surface area contributed by atoms with Gasteiger partial charge in [0, 0.05) is 32.4 Å². The molecule has 2 unspecified atom stereocenters. The summed E-state index contributed by atoms with van der Waals surface area (Å²) in [5, 5.41) is 11.7. The Hall–Kier alpha value is -1.81. The summed E-state index contributed by atoms with van der Waals surface area (Å²) in [4.78, 5) is 7.03. The van der Waals surface area contributed by atoms with Gasteiger partial charge in [0.1, 0.15) is 5.75 Å². The number of hydrogen-bond acceptors (Lipinski definition) is 4. The maximum atomic E-state index is 5.46. The zero-order valence-electron chi connectivity index (χ0n) is 20.3. The lowest BCUT2D eigenvalue weighted by atomic mass is 10.0. The topological polar surface area (TPSA) is 66.7 Å². The minimum absolute atomic E-state index is 0. The Labute approximate surface area is 210 Å². The highest BCUT2D eigenvalue weighted by Gasteiger charge is 2.24. The Morgan fingerprint density at radius 3 is 2.56 bits per heavy atom. The van der Waals surface area contributed by atoms with Crippen molar-refractivity contribution in [1.29, 1.82) is 0 Å². The molecule has 1 aliphatic heterocycles. The predicted molar refractivity (Wildman–Crippen MR) is 142 cm³/mol. The van der Waals surface area contributed by atoms with Crippen LogP contribution in [0.1, 0.15) is 48.3 Å². The van der Waals surface area contributed by atoms with Gasteiger partial charge in [0.05, 0.1) is 18.8 Å². The van der Waals surface area contributed by atoms with Crippen molar-refractivity contribution in [1.82, 2.24) is 25.3 Å². The molecule has 2 atom stereocenters. The van der Waals surface area contributed by atoms with Gasteiger partial charge >= 0.3 is 0 Å². The quantitative estimate of drug-likeness (QED) is 0.297. The molecule has 3 rings (SSSR count). The van der Waals surface area contributed by atoms with Crippen LogP contribution in [0.2, 0.25) is 0 Å². The van der Waals surface area contributed by atoms with E-state index in [4.69, 9.17) is 4.74 Å². The van der Waals surface area contributed by atoms with E-state index in [0.29, 0.717) is 0 Å². The molecule has 2 N–H and O–H groups in total. The number of rotatable bonds is 8. The zero-order chi connectivity index (χ0) is 22.4. The maximum absolute atomic E-state index is 5.46. The van der Waals surface area contributed by atoms with Crippen molar-refractivity contribution in [3.8, 4) is 5.75 Å². The fraction of sp³-hybridized carbons (Fsp3) is 0.583. The van der Waals surface area contributed by atoms with Gasteiger partial charge in [-0.15, -0.1) is 24.0 Å². The molecule has 2 heterocycles. The predicted octanol–water partition coefficient (Wildman–Crippen LogP) is 3.60. The van der Waals surface area contributed by atoms with Crippen LogP contribution in [0.5, 0.6) is 5.75 Å². The number of nitrogens with zero attached hydrogens (tertiary/aromatic N) is 4. The van der Waals surface area contributed by atoms with E-state index in [2.05, 4.69) is 64.6 Å². The van der Waals surface area contributed by atoms with Crippen LogP contribution in [0.15, 0.2) is 29.3 Å². The molecule has 2 aromatic rings. The molecule has 0 saturated carbocycles. The van der Waals surface area contributed by atoms with Gasteiger partial charge in [-0.05, 0) is 76.4 Å². The van der Waals surface area contributed by atoms with E-state index in [-0.39, 0.29) is 36.1 Å². The van der Waals surface area contributed by atoms with Crippen LogP contribution in [-0.2, 0) is 13.5 Å². The Bertz CT molecular complexity index is 891. The minimum atomic E-state index is 0. The smallest absolute Gasteiger partial charge is 0.191 e. The van der Waals surface area contributed by atoms with E-state index in [1.54, 1.807) is 7.11 Å². The summed E-state index contributed by atoms with van der Waals surface area (Å²) in [6.07, 6.45) is 3.43.